The minimum atomic E-state index is -3.23. The third-order valence-corrected chi connectivity index (χ3v) is 5.30. The van der Waals surface area contributed by atoms with Crippen LogP contribution in [0, 0.1) is 0 Å². The highest BCUT2D eigenvalue weighted by atomic mass is 32.2. The van der Waals surface area contributed by atoms with Crippen molar-refractivity contribution in [2.75, 3.05) is 6.26 Å². The SMILES string of the molecule is CS(=O)(=O)c1ccc(-c2cnc3cnc(-c4ccc(O)cc4)nc3c2)cc1. The lowest BCUT2D eigenvalue weighted by molar-refractivity contribution is 0.475. The number of phenolic OH excluding ortho intramolecular Hbond substituents is 1. The van der Waals surface area contributed by atoms with E-state index in [2.05, 4.69) is 15.0 Å². The number of sulfone groups is 1. The lowest BCUT2D eigenvalue weighted by atomic mass is 10.1. The van der Waals surface area contributed by atoms with Gasteiger partial charge in [0.15, 0.2) is 15.7 Å². The van der Waals surface area contributed by atoms with Gasteiger partial charge in [-0.1, -0.05) is 12.1 Å². The number of hydrogen-bond acceptors (Lipinski definition) is 6. The summed E-state index contributed by atoms with van der Waals surface area (Å²) in [7, 11) is -3.23. The van der Waals surface area contributed by atoms with Crippen molar-refractivity contribution in [2.45, 2.75) is 4.90 Å². The molecule has 0 spiro atoms. The summed E-state index contributed by atoms with van der Waals surface area (Å²) in [5.41, 5.74) is 3.81. The third kappa shape index (κ3) is 3.50. The van der Waals surface area contributed by atoms with Crippen molar-refractivity contribution in [3.63, 3.8) is 0 Å². The number of hydrogen-bond donors (Lipinski definition) is 1. The van der Waals surface area contributed by atoms with E-state index in [4.69, 9.17) is 0 Å². The summed E-state index contributed by atoms with van der Waals surface area (Å²) in [4.78, 5) is 13.6. The number of pyridine rings is 1. The van der Waals surface area contributed by atoms with E-state index in [-0.39, 0.29) is 10.6 Å². The van der Waals surface area contributed by atoms with Gasteiger partial charge in [-0.05, 0) is 48.0 Å². The molecule has 0 atom stereocenters. The Balaban J connectivity index is 1.75. The van der Waals surface area contributed by atoms with Crippen molar-refractivity contribution in [1.29, 1.82) is 0 Å². The van der Waals surface area contributed by atoms with Crippen LogP contribution in [0.2, 0.25) is 0 Å². The van der Waals surface area contributed by atoms with Crippen LogP contribution in [-0.4, -0.2) is 34.7 Å². The molecule has 2 aromatic heterocycles. The Hall–Kier alpha value is -3.32. The van der Waals surface area contributed by atoms with Crippen molar-refractivity contribution in [3.8, 4) is 28.3 Å². The normalized spacial score (nSPS) is 11.6. The van der Waals surface area contributed by atoms with Crippen molar-refractivity contribution in [3.05, 3.63) is 67.0 Å². The van der Waals surface area contributed by atoms with E-state index >= 15 is 0 Å². The number of aromatic hydroxyl groups is 1. The molecule has 0 saturated heterocycles. The fourth-order valence-corrected chi connectivity index (χ4v) is 3.35. The standard InChI is InChI=1S/C20H15N3O3S/c1-27(25,26)17-8-4-13(5-9-17)15-10-18-19(21-11-15)12-22-20(23-18)14-2-6-16(24)7-3-14/h2-12,24H,1H3. The monoisotopic (exact) mass is 377 g/mol. The molecule has 0 aliphatic carbocycles. The van der Waals surface area contributed by atoms with Crippen LogP contribution in [-0.2, 0) is 9.84 Å². The number of rotatable bonds is 3. The van der Waals surface area contributed by atoms with Gasteiger partial charge in [0.2, 0.25) is 0 Å². The molecule has 0 unspecified atom stereocenters. The molecule has 134 valence electrons. The highest BCUT2D eigenvalue weighted by Gasteiger charge is 2.09. The predicted molar refractivity (Wildman–Crippen MR) is 103 cm³/mol. The Morgan fingerprint density at radius 1 is 0.778 bits per heavy atom. The number of nitrogens with zero attached hydrogens (tertiary/aromatic N) is 3. The summed E-state index contributed by atoms with van der Waals surface area (Å²) in [6, 6.07) is 15.2. The van der Waals surface area contributed by atoms with Crippen LogP contribution in [0.4, 0.5) is 0 Å². The smallest absolute Gasteiger partial charge is 0.175 e. The molecule has 0 aliphatic heterocycles. The molecular weight excluding hydrogens is 362 g/mol. The van der Waals surface area contributed by atoms with Crippen LogP contribution in [0.1, 0.15) is 0 Å². The fourth-order valence-electron chi connectivity index (χ4n) is 2.72. The number of fused-ring (bicyclic) bond motifs is 1. The quantitative estimate of drug-likeness (QED) is 0.588. The predicted octanol–water partition coefficient (Wildman–Crippen LogP) is 3.47. The van der Waals surface area contributed by atoms with Crippen LogP contribution in [0.3, 0.4) is 0 Å². The molecular formula is C20H15N3O3S. The molecule has 0 saturated carbocycles. The lowest BCUT2D eigenvalue weighted by Gasteiger charge is -2.06. The van der Waals surface area contributed by atoms with Crippen molar-refractivity contribution < 1.29 is 13.5 Å². The molecule has 27 heavy (non-hydrogen) atoms. The van der Waals surface area contributed by atoms with Gasteiger partial charge in [-0.25, -0.2) is 18.4 Å². The Labute approximate surface area is 156 Å². The zero-order chi connectivity index (χ0) is 19.0. The maximum Gasteiger partial charge on any atom is 0.175 e. The first-order valence-corrected chi connectivity index (χ1v) is 10.0. The largest absolute Gasteiger partial charge is 0.508 e. The van der Waals surface area contributed by atoms with Crippen LogP contribution in [0.25, 0.3) is 33.5 Å². The molecule has 0 bridgehead atoms. The first kappa shape index (κ1) is 17.1. The van der Waals surface area contributed by atoms with Crippen LogP contribution < -0.4 is 0 Å². The van der Waals surface area contributed by atoms with Gasteiger partial charge in [0, 0.05) is 23.6 Å². The lowest BCUT2D eigenvalue weighted by Crippen LogP contribution is -1.96. The first-order chi connectivity index (χ1) is 12.9. The van der Waals surface area contributed by atoms with Gasteiger partial charge in [0.1, 0.15) is 11.3 Å². The number of benzene rings is 2. The van der Waals surface area contributed by atoms with Crippen molar-refractivity contribution in [1.82, 2.24) is 15.0 Å². The minimum absolute atomic E-state index is 0.182. The first-order valence-electron chi connectivity index (χ1n) is 8.13. The van der Waals surface area contributed by atoms with Gasteiger partial charge in [-0.2, -0.15) is 0 Å². The second kappa shape index (κ2) is 6.44. The topological polar surface area (TPSA) is 93.0 Å². The van der Waals surface area contributed by atoms with Gasteiger partial charge < -0.3 is 5.11 Å². The van der Waals surface area contributed by atoms with E-state index < -0.39 is 9.84 Å². The molecule has 4 aromatic rings. The molecule has 2 heterocycles. The molecule has 4 rings (SSSR count). The molecule has 0 aliphatic rings. The molecule has 0 radical (unpaired) electrons. The Kier molecular flexibility index (Phi) is 4.08. The highest BCUT2D eigenvalue weighted by molar-refractivity contribution is 7.90. The molecule has 0 amide bonds. The second-order valence-corrected chi connectivity index (χ2v) is 8.18. The summed E-state index contributed by atoms with van der Waals surface area (Å²) in [6.45, 7) is 0. The fraction of sp³-hybridized carbons (Fsp3) is 0.0500. The van der Waals surface area contributed by atoms with Crippen LogP contribution in [0.15, 0.2) is 71.9 Å². The molecule has 2 aromatic carbocycles. The summed E-state index contributed by atoms with van der Waals surface area (Å²) in [5.74, 6) is 0.718. The van der Waals surface area contributed by atoms with E-state index in [0.29, 0.717) is 16.9 Å². The van der Waals surface area contributed by atoms with E-state index in [9.17, 15) is 13.5 Å². The molecule has 1 N–H and O–H groups in total. The summed E-state index contributed by atoms with van der Waals surface area (Å²) < 4.78 is 23.2. The number of phenols is 1. The van der Waals surface area contributed by atoms with Gasteiger partial charge >= 0.3 is 0 Å². The Bertz CT molecular complexity index is 1240. The highest BCUT2D eigenvalue weighted by Crippen LogP contribution is 2.25. The summed E-state index contributed by atoms with van der Waals surface area (Å²) in [5, 5.41) is 9.42. The van der Waals surface area contributed by atoms with Gasteiger partial charge in [0.25, 0.3) is 0 Å². The van der Waals surface area contributed by atoms with E-state index in [0.717, 1.165) is 16.7 Å². The zero-order valence-electron chi connectivity index (χ0n) is 14.4. The van der Waals surface area contributed by atoms with Gasteiger partial charge in [-0.3, -0.25) is 4.98 Å². The zero-order valence-corrected chi connectivity index (χ0v) is 15.2. The van der Waals surface area contributed by atoms with E-state index in [1.807, 2.05) is 6.07 Å². The summed E-state index contributed by atoms with van der Waals surface area (Å²) in [6.07, 6.45) is 4.55. The minimum Gasteiger partial charge on any atom is -0.508 e. The second-order valence-electron chi connectivity index (χ2n) is 6.17. The molecule has 7 heteroatoms. The Morgan fingerprint density at radius 2 is 1.44 bits per heavy atom. The van der Waals surface area contributed by atoms with E-state index in [1.165, 1.54) is 6.26 Å². The van der Waals surface area contributed by atoms with Crippen LogP contribution >= 0.6 is 0 Å². The van der Waals surface area contributed by atoms with Crippen molar-refractivity contribution >= 4 is 20.9 Å². The van der Waals surface area contributed by atoms with Crippen molar-refractivity contribution in [2.24, 2.45) is 0 Å². The number of aromatic nitrogens is 3. The van der Waals surface area contributed by atoms with Gasteiger partial charge in [0.05, 0.1) is 16.6 Å². The summed E-state index contributed by atoms with van der Waals surface area (Å²) >= 11 is 0. The average Bonchev–Trinajstić information content (AvgIpc) is 2.67. The van der Waals surface area contributed by atoms with E-state index in [1.54, 1.807) is 60.9 Å². The molecule has 6 nitrogen and oxygen atoms in total. The Morgan fingerprint density at radius 3 is 2.11 bits per heavy atom. The average molecular weight is 377 g/mol. The van der Waals surface area contributed by atoms with Gasteiger partial charge in [-0.15, -0.1) is 0 Å². The third-order valence-electron chi connectivity index (χ3n) is 4.17. The molecule has 0 fully saturated rings. The maximum atomic E-state index is 11.6. The van der Waals surface area contributed by atoms with Crippen LogP contribution in [0.5, 0.6) is 5.75 Å². The maximum absolute atomic E-state index is 11.6.